The highest BCUT2D eigenvalue weighted by molar-refractivity contribution is 14.0. The summed E-state index contributed by atoms with van der Waals surface area (Å²) in [6.45, 7) is 8.38. The molecule has 7 nitrogen and oxygen atoms in total. The lowest BCUT2D eigenvalue weighted by atomic mass is 10.1. The normalized spacial score (nSPS) is 16.0. The van der Waals surface area contributed by atoms with Crippen molar-refractivity contribution in [2.24, 2.45) is 4.99 Å². The van der Waals surface area contributed by atoms with E-state index in [0.29, 0.717) is 0 Å². The largest absolute Gasteiger partial charge is 0.356 e. The summed E-state index contributed by atoms with van der Waals surface area (Å²) in [5.41, 5.74) is 2.53. The van der Waals surface area contributed by atoms with Gasteiger partial charge in [-0.1, -0.05) is 24.3 Å². The first-order chi connectivity index (χ1) is 14.2. The maximum absolute atomic E-state index is 4.37. The summed E-state index contributed by atoms with van der Waals surface area (Å²) in [6.07, 6.45) is 6.20. The van der Waals surface area contributed by atoms with Crippen LogP contribution in [0.3, 0.4) is 0 Å². The summed E-state index contributed by atoms with van der Waals surface area (Å²) in [6, 6.07) is 10.4. The van der Waals surface area contributed by atoms with Gasteiger partial charge in [0.05, 0.1) is 6.54 Å². The molecule has 1 fully saturated rings. The monoisotopic (exact) mass is 525 g/mol. The Kier molecular flexibility index (Phi) is 11.2. The molecule has 1 aromatic heterocycles. The van der Waals surface area contributed by atoms with E-state index in [9.17, 15) is 0 Å². The molecule has 0 radical (unpaired) electrons. The molecule has 0 aliphatic carbocycles. The molecular weight excluding hydrogens is 489 g/mol. The second-order valence-electron chi connectivity index (χ2n) is 7.68. The molecule has 166 valence electrons. The third-order valence-corrected chi connectivity index (χ3v) is 5.44. The van der Waals surface area contributed by atoms with Crippen LogP contribution in [0, 0.1) is 0 Å². The third-order valence-electron chi connectivity index (χ3n) is 5.44. The Balaban J connectivity index is 0.00000320. The summed E-state index contributed by atoms with van der Waals surface area (Å²) in [5.74, 6) is 0.856. The topological polar surface area (TPSA) is 60.7 Å². The first kappa shape index (κ1) is 24.6. The summed E-state index contributed by atoms with van der Waals surface area (Å²) in [7, 11) is 4.05. The van der Waals surface area contributed by atoms with Crippen LogP contribution in [0.5, 0.6) is 0 Å². The van der Waals surface area contributed by atoms with Crippen LogP contribution in [0.15, 0.2) is 47.7 Å². The number of aliphatic imine (C=N–C) groups is 1. The highest BCUT2D eigenvalue weighted by atomic mass is 127. The van der Waals surface area contributed by atoms with Crippen LogP contribution in [0.25, 0.3) is 0 Å². The zero-order valence-electron chi connectivity index (χ0n) is 18.3. The van der Waals surface area contributed by atoms with E-state index in [1.807, 2.05) is 30.2 Å². The molecule has 2 heterocycles. The van der Waals surface area contributed by atoms with Crippen LogP contribution in [0.1, 0.15) is 24.0 Å². The third kappa shape index (κ3) is 8.23. The summed E-state index contributed by atoms with van der Waals surface area (Å²) in [4.78, 5) is 9.38. The number of rotatable bonds is 8. The number of hydrogen-bond donors (Lipinski definition) is 2. The van der Waals surface area contributed by atoms with Crippen LogP contribution in [0.2, 0.25) is 0 Å². The average Bonchev–Trinajstić information content (AvgIpc) is 3.16. The van der Waals surface area contributed by atoms with Gasteiger partial charge in [0, 0.05) is 45.6 Å². The Labute approximate surface area is 197 Å². The lowest BCUT2D eigenvalue weighted by Gasteiger charge is -2.20. The molecule has 1 aliphatic heterocycles. The molecule has 2 aromatic rings. The zero-order valence-corrected chi connectivity index (χ0v) is 20.6. The van der Waals surface area contributed by atoms with E-state index in [2.05, 4.69) is 61.8 Å². The SMILES string of the molecule is CN=C(NCCCN1CCCN(C)CC1)NCc1ccccc1Cn1cccn1.I. The van der Waals surface area contributed by atoms with Gasteiger partial charge in [-0.2, -0.15) is 5.10 Å². The number of hydrogen-bond acceptors (Lipinski definition) is 4. The fraction of sp³-hybridized carbons (Fsp3) is 0.545. The van der Waals surface area contributed by atoms with Gasteiger partial charge >= 0.3 is 0 Å². The summed E-state index contributed by atoms with van der Waals surface area (Å²) in [5, 5.41) is 11.2. The van der Waals surface area contributed by atoms with Gasteiger partial charge in [-0.3, -0.25) is 9.67 Å². The van der Waals surface area contributed by atoms with Crippen molar-refractivity contribution in [3.05, 3.63) is 53.9 Å². The minimum absolute atomic E-state index is 0. The molecule has 0 amide bonds. The molecule has 8 heteroatoms. The standard InChI is InChI=1S/C22H35N7.HI/c1-23-22(24-10-5-13-28-14-7-12-27(2)16-17-28)25-18-20-8-3-4-9-21(20)19-29-15-6-11-26-29;/h3-4,6,8-9,11,15H,5,7,10,12-14,16-19H2,1-2H3,(H2,23,24,25);1H. The maximum Gasteiger partial charge on any atom is 0.191 e. The van der Waals surface area contributed by atoms with Crippen molar-refractivity contribution in [1.29, 1.82) is 0 Å². The van der Waals surface area contributed by atoms with E-state index in [0.717, 1.165) is 38.6 Å². The molecule has 1 aliphatic rings. The second-order valence-corrected chi connectivity index (χ2v) is 7.68. The van der Waals surface area contributed by atoms with E-state index in [-0.39, 0.29) is 24.0 Å². The van der Waals surface area contributed by atoms with Crippen molar-refractivity contribution in [3.63, 3.8) is 0 Å². The van der Waals surface area contributed by atoms with Crippen molar-refractivity contribution >= 4 is 29.9 Å². The lowest BCUT2D eigenvalue weighted by molar-refractivity contribution is 0.274. The van der Waals surface area contributed by atoms with Gasteiger partial charge in [0.1, 0.15) is 0 Å². The molecule has 30 heavy (non-hydrogen) atoms. The van der Waals surface area contributed by atoms with Gasteiger partial charge in [-0.15, -0.1) is 24.0 Å². The van der Waals surface area contributed by atoms with Crippen LogP contribution in [0.4, 0.5) is 0 Å². The van der Waals surface area contributed by atoms with Gasteiger partial charge in [0.25, 0.3) is 0 Å². The van der Waals surface area contributed by atoms with Gasteiger partial charge in [-0.25, -0.2) is 0 Å². The fourth-order valence-electron chi connectivity index (χ4n) is 3.69. The van der Waals surface area contributed by atoms with Crippen LogP contribution >= 0.6 is 24.0 Å². The molecule has 1 aromatic carbocycles. The van der Waals surface area contributed by atoms with Gasteiger partial charge in [0.15, 0.2) is 5.96 Å². The minimum Gasteiger partial charge on any atom is -0.356 e. The van der Waals surface area contributed by atoms with E-state index in [4.69, 9.17) is 0 Å². The number of nitrogens with zero attached hydrogens (tertiary/aromatic N) is 5. The maximum atomic E-state index is 4.37. The minimum atomic E-state index is 0. The first-order valence-corrected chi connectivity index (χ1v) is 10.6. The van der Waals surface area contributed by atoms with E-state index in [1.165, 1.54) is 43.7 Å². The van der Waals surface area contributed by atoms with E-state index < -0.39 is 0 Å². The molecule has 1 saturated heterocycles. The van der Waals surface area contributed by atoms with E-state index in [1.54, 1.807) is 0 Å². The molecule has 0 unspecified atom stereocenters. The Morgan fingerprint density at radius 3 is 2.67 bits per heavy atom. The zero-order chi connectivity index (χ0) is 20.3. The summed E-state index contributed by atoms with van der Waals surface area (Å²) < 4.78 is 1.95. The Bertz CT molecular complexity index is 748. The second kappa shape index (κ2) is 13.6. The quantitative estimate of drug-likeness (QED) is 0.240. The molecule has 2 N–H and O–H groups in total. The highest BCUT2D eigenvalue weighted by Gasteiger charge is 2.11. The molecule has 0 atom stereocenters. The number of benzene rings is 1. The van der Waals surface area contributed by atoms with Crippen molar-refractivity contribution < 1.29 is 0 Å². The van der Waals surface area contributed by atoms with Crippen LogP contribution < -0.4 is 10.6 Å². The Morgan fingerprint density at radius 1 is 1.07 bits per heavy atom. The molecule has 0 saturated carbocycles. The predicted octanol–water partition coefficient (Wildman–Crippen LogP) is 2.24. The number of guanidine groups is 1. The average molecular weight is 525 g/mol. The number of halogens is 1. The van der Waals surface area contributed by atoms with E-state index >= 15 is 0 Å². The van der Waals surface area contributed by atoms with Gasteiger partial charge in [0.2, 0.25) is 0 Å². The highest BCUT2D eigenvalue weighted by Crippen LogP contribution is 2.10. The smallest absolute Gasteiger partial charge is 0.191 e. The number of aromatic nitrogens is 2. The molecular formula is C22H36IN7. The molecule has 0 spiro atoms. The van der Waals surface area contributed by atoms with Crippen molar-refractivity contribution in [2.75, 3.05) is 53.4 Å². The number of nitrogens with one attached hydrogen (secondary N) is 2. The first-order valence-electron chi connectivity index (χ1n) is 10.6. The lowest BCUT2D eigenvalue weighted by Crippen LogP contribution is -2.39. The van der Waals surface area contributed by atoms with Crippen molar-refractivity contribution in [3.8, 4) is 0 Å². The Hall–Kier alpha value is -1.65. The molecule has 3 rings (SSSR count). The number of likely N-dealkylation sites (N-methyl/N-ethyl adjacent to an activating group) is 1. The predicted molar refractivity (Wildman–Crippen MR) is 135 cm³/mol. The van der Waals surface area contributed by atoms with Crippen LogP contribution in [-0.4, -0.2) is 78.9 Å². The van der Waals surface area contributed by atoms with Crippen molar-refractivity contribution in [1.82, 2.24) is 30.2 Å². The molecule has 0 bridgehead atoms. The summed E-state index contributed by atoms with van der Waals surface area (Å²) >= 11 is 0. The fourth-order valence-corrected chi connectivity index (χ4v) is 3.69. The van der Waals surface area contributed by atoms with Crippen LogP contribution in [-0.2, 0) is 13.1 Å². The van der Waals surface area contributed by atoms with Gasteiger partial charge in [-0.05, 0) is 56.7 Å². The Morgan fingerprint density at radius 2 is 1.90 bits per heavy atom. The van der Waals surface area contributed by atoms with Crippen molar-refractivity contribution in [2.45, 2.75) is 25.9 Å². The van der Waals surface area contributed by atoms with Gasteiger partial charge < -0.3 is 20.4 Å².